The summed E-state index contributed by atoms with van der Waals surface area (Å²) in [6.45, 7) is 2.32. The van der Waals surface area contributed by atoms with Crippen molar-refractivity contribution >= 4 is 47.6 Å². The fourth-order valence-corrected chi connectivity index (χ4v) is 5.32. The summed E-state index contributed by atoms with van der Waals surface area (Å²) in [5.74, 6) is 0.652. The molecule has 1 heterocycles. The van der Waals surface area contributed by atoms with Crippen LogP contribution in [0.15, 0.2) is 64.0 Å². The highest BCUT2D eigenvalue weighted by molar-refractivity contribution is 9.10. The van der Waals surface area contributed by atoms with E-state index >= 15 is 0 Å². The molecule has 0 amide bonds. The Hall–Kier alpha value is -2.35. The molecule has 3 aromatic carbocycles. The SMILES string of the molecule is COc1ccc(S(=O)(=O)NCCc2c(C)[nH]c3ccc(Br)cc23)c2ccccc12. The minimum Gasteiger partial charge on any atom is -0.496 e. The van der Waals surface area contributed by atoms with E-state index in [9.17, 15) is 8.42 Å². The Bertz CT molecular complexity index is 1310. The number of sulfonamides is 1. The normalized spacial score (nSPS) is 12.0. The molecule has 0 radical (unpaired) electrons. The smallest absolute Gasteiger partial charge is 0.241 e. The number of hydrogen-bond acceptors (Lipinski definition) is 3. The molecule has 150 valence electrons. The average molecular weight is 473 g/mol. The van der Waals surface area contributed by atoms with Gasteiger partial charge in [0.05, 0.1) is 12.0 Å². The molecule has 0 unspecified atom stereocenters. The fraction of sp³-hybridized carbons (Fsp3) is 0.182. The molecule has 0 fully saturated rings. The third-order valence-electron chi connectivity index (χ3n) is 5.10. The quantitative estimate of drug-likeness (QED) is 0.418. The third-order valence-corrected chi connectivity index (χ3v) is 7.11. The summed E-state index contributed by atoms with van der Waals surface area (Å²) in [5, 5.41) is 2.52. The zero-order valence-electron chi connectivity index (χ0n) is 16.1. The Morgan fingerprint density at radius 3 is 2.55 bits per heavy atom. The van der Waals surface area contributed by atoms with E-state index in [4.69, 9.17) is 4.74 Å². The first-order valence-corrected chi connectivity index (χ1v) is 11.5. The number of hydrogen-bond donors (Lipinski definition) is 2. The van der Waals surface area contributed by atoms with Gasteiger partial charge in [0.25, 0.3) is 0 Å². The second-order valence-electron chi connectivity index (χ2n) is 6.88. The molecular weight excluding hydrogens is 452 g/mol. The Labute approximate surface area is 178 Å². The lowest BCUT2D eigenvalue weighted by atomic mass is 10.1. The van der Waals surface area contributed by atoms with Gasteiger partial charge in [-0.05, 0) is 49.2 Å². The Balaban J connectivity index is 1.60. The summed E-state index contributed by atoms with van der Waals surface area (Å²) in [4.78, 5) is 3.62. The van der Waals surface area contributed by atoms with Gasteiger partial charge in [-0.1, -0.05) is 40.2 Å². The van der Waals surface area contributed by atoms with Gasteiger partial charge in [-0.3, -0.25) is 0 Å². The van der Waals surface area contributed by atoms with Crippen molar-refractivity contribution in [3.8, 4) is 5.75 Å². The van der Waals surface area contributed by atoms with Crippen LogP contribution in [0, 0.1) is 6.92 Å². The van der Waals surface area contributed by atoms with E-state index in [1.807, 2.05) is 37.3 Å². The highest BCUT2D eigenvalue weighted by Gasteiger charge is 2.19. The number of fused-ring (bicyclic) bond motifs is 2. The van der Waals surface area contributed by atoms with Crippen molar-refractivity contribution < 1.29 is 13.2 Å². The predicted molar refractivity (Wildman–Crippen MR) is 120 cm³/mol. The number of ether oxygens (including phenoxy) is 1. The zero-order chi connectivity index (χ0) is 20.6. The van der Waals surface area contributed by atoms with E-state index in [1.54, 1.807) is 25.3 Å². The standard InChI is InChI=1S/C22H21BrN2O3S/c1-14-16(19-13-15(23)7-8-20(19)25-14)11-12-24-29(26,27)22-10-9-21(28-2)17-5-3-4-6-18(17)22/h3-10,13,24-25H,11-12H2,1-2H3. The monoisotopic (exact) mass is 472 g/mol. The molecule has 5 nitrogen and oxygen atoms in total. The molecule has 1 aromatic heterocycles. The highest BCUT2D eigenvalue weighted by atomic mass is 79.9. The minimum atomic E-state index is -3.66. The number of aryl methyl sites for hydroxylation is 1. The maximum Gasteiger partial charge on any atom is 0.241 e. The summed E-state index contributed by atoms with van der Waals surface area (Å²) in [6.07, 6.45) is 0.593. The fourth-order valence-electron chi connectivity index (χ4n) is 3.72. The van der Waals surface area contributed by atoms with Gasteiger partial charge in [-0.15, -0.1) is 0 Å². The third kappa shape index (κ3) is 3.77. The van der Waals surface area contributed by atoms with Gasteiger partial charge in [0.2, 0.25) is 10.0 Å². The van der Waals surface area contributed by atoms with Crippen LogP contribution < -0.4 is 9.46 Å². The van der Waals surface area contributed by atoms with Crippen LogP contribution in [0.2, 0.25) is 0 Å². The molecule has 4 rings (SSSR count). The van der Waals surface area contributed by atoms with Crippen LogP contribution in [0.4, 0.5) is 0 Å². The minimum absolute atomic E-state index is 0.257. The number of halogens is 1. The van der Waals surface area contributed by atoms with Gasteiger partial charge in [-0.25, -0.2) is 13.1 Å². The topological polar surface area (TPSA) is 71.2 Å². The van der Waals surface area contributed by atoms with Crippen LogP contribution >= 0.6 is 15.9 Å². The molecule has 0 aliphatic heterocycles. The number of benzene rings is 3. The lowest BCUT2D eigenvalue weighted by Crippen LogP contribution is -2.26. The highest BCUT2D eigenvalue weighted by Crippen LogP contribution is 2.31. The van der Waals surface area contributed by atoms with Gasteiger partial charge in [-0.2, -0.15) is 0 Å². The molecule has 0 saturated heterocycles. The number of rotatable bonds is 6. The van der Waals surface area contributed by atoms with E-state index in [1.165, 1.54) is 0 Å². The summed E-state index contributed by atoms with van der Waals surface area (Å²) in [6, 6.07) is 16.7. The van der Waals surface area contributed by atoms with Crippen molar-refractivity contribution in [2.75, 3.05) is 13.7 Å². The van der Waals surface area contributed by atoms with Gasteiger partial charge < -0.3 is 9.72 Å². The Morgan fingerprint density at radius 1 is 1.03 bits per heavy atom. The van der Waals surface area contributed by atoms with Gasteiger partial charge >= 0.3 is 0 Å². The van der Waals surface area contributed by atoms with E-state index in [2.05, 4.69) is 31.7 Å². The molecule has 2 N–H and O–H groups in total. The van der Waals surface area contributed by atoms with E-state index in [-0.39, 0.29) is 4.90 Å². The van der Waals surface area contributed by atoms with Crippen molar-refractivity contribution in [1.82, 2.24) is 9.71 Å². The molecule has 7 heteroatoms. The van der Waals surface area contributed by atoms with E-state index in [0.29, 0.717) is 24.1 Å². The summed E-state index contributed by atoms with van der Waals surface area (Å²) < 4.78 is 35.1. The van der Waals surface area contributed by atoms with E-state index < -0.39 is 10.0 Å². The number of aromatic nitrogens is 1. The molecular formula is C22H21BrN2O3S. The first kappa shape index (κ1) is 19.9. The molecule has 0 spiro atoms. The van der Waals surface area contributed by atoms with Crippen LogP contribution in [0.25, 0.3) is 21.7 Å². The second kappa shape index (κ2) is 7.82. The maximum absolute atomic E-state index is 13.0. The number of nitrogens with one attached hydrogen (secondary N) is 2. The molecule has 0 bridgehead atoms. The second-order valence-corrected chi connectivity index (χ2v) is 9.53. The molecule has 4 aromatic rings. The van der Waals surface area contributed by atoms with E-state index in [0.717, 1.165) is 32.0 Å². The summed E-state index contributed by atoms with van der Waals surface area (Å²) in [7, 11) is -2.08. The van der Waals surface area contributed by atoms with Crippen LogP contribution in [0.3, 0.4) is 0 Å². The first-order valence-electron chi connectivity index (χ1n) is 9.23. The molecule has 0 aliphatic carbocycles. The van der Waals surface area contributed by atoms with Crippen molar-refractivity contribution in [2.24, 2.45) is 0 Å². The van der Waals surface area contributed by atoms with Crippen LogP contribution in [0.5, 0.6) is 5.75 Å². The lowest BCUT2D eigenvalue weighted by molar-refractivity contribution is 0.419. The van der Waals surface area contributed by atoms with Crippen LogP contribution in [-0.4, -0.2) is 27.1 Å². The molecule has 0 aliphatic rings. The number of H-pyrrole nitrogens is 1. The zero-order valence-corrected chi connectivity index (χ0v) is 18.5. The first-order chi connectivity index (χ1) is 13.9. The maximum atomic E-state index is 13.0. The van der Waals surface area contributed by atoms with Crippen molar-refractivity contribution in [3.63, 3.8) is 0 Å². The van der Waals surface area contributed by atoms with Crippen LogP contribution in [0.1, 0.15) is 11.3 Å². The van der Waals surface area contributed by atoms with Crippen LogP contribution in [-0.2, 0) is 16.4 Å². The van der Waals surface area contributed by atoms with Gasteiger partial charge in [0.1, 0.15) is 5.75 Å². The largest absolute Gasteiger partial charge is 0.496 e. The Morgan fingerprint density at radius 2 is 1.79 bits per heavy atom. The van der Waals surface area contributed by atoms with Gasteiger partial charge in [0, 0.05) is 38.4 Å². The lowest BCUT2D eigenvalue weighted by Gasteiger charge is -2.12. The Kier molecular flexibility index (Phi) is 5.38. The molecule has 0 saturated carbocycles. The number of aromatic amines is 1. The predicted octanol–water partition coefficient (Wildman–Crippen LogP) is 4.92. The summed E-state index contributed by atoms with van der Waals surface area (Å²) >= 11 is 3.51. The van der Waals surface area contributed by atoms with Gasteiger partial charge in [0.15, 0.2) is 0 Å². The summed E-state index contributed by atoms with van der Waals surface area (Å²) in [5.41, 5.74) is 3.21. The molecule has 0 atom stereocenters. The van der Waals surface area contributed by atoms with Crippen molar-refractivity contribution in [3.05, 3.63) is 70.3 Å². The number of methoxy groups -OCH3 is 1. The average Bonchev–Trinajstić information content (AvgIpc) is 3.01. The van der Waals surface area contributed by atoms with Crippen molar-refractivity contribution in [1.29, 1.82) is 0 Å². The van der Waals surface area contributed by atoms with Crippen molar-refractivity contribution in [2.45, 2.75) is 18.2 Å². The molecule has 29 heavy (non-hydrogen) atoms.